The summed E-state index contributed by atoms with van der Waals surface area (Å²) in [5.41, 5.74) is 0. The van der Waals surface area contributed by atoms with E-state index in [4.69, 9.17) is 44.8 Å². The molecule has 1 unspecified atom stereocenters. The lowest BCUT2D eigenvalue weighted by Gasteiger charge is -2.45. The molecule has 0 amide bonds. The Hall–Kier alpha value is -0.970. The number of aldehydes is 1. The molecule has 17 heteroatoms. The minimum Gasteiger partial charge on any atom is -0.394 e. The number of rotatable bonds is 9. The van der Waals surface area contributed by atoms with E-state index in [1.54, 1.807) is 0 Å². The Balaban J connectivity index is 0.000000434. The highest BCUT2D eigenvalue weighted by Gasteiger charge is 2.50. The highest BCUT2D eigenvalue weighted by atomic mass is 16.7. The molecule has 208 valence electrons. The molecule has 0 radical (unpaired) electrons. The molecule has 2 aliphatic rings. The number of aliphatic hydroxyl groups is 13. The van der Waals surface area contributed by atoms with Crippen LogP contribution in [-0.4, -0.2) is 178 Å². The highest BCUT2D eigenvalue weighted by Crippen LogP contribution is 2.28. The average molecular weight is 522 g/mol. The van der Waals surface area contributed by atoms with Crippen molar-refractivity contribution in [2.75, 3.05) is 19.8 Å². The molecule has 2 heterocycles. The third-order valence-electron chi connectivity index (χ3n) is 5.40. The third kappa shape index (κ3) is 8.01. The van der Waals surface area contributed by atoms with Crippen LogP contribution >= 0.6 is 0 Å². The minimum absolute atomic E-state index is 0.0258. The highest BCUT2D eigenvalue weighted by molar-refractivity contribution is 5.56. The summed E-state index contributed by atoms with van der Waals surface area (Å²) in [6.07, 6.45) is -22.4. The Morgan fingerprint density at radius 2 is 1.29 bits per heavy atom. The van der Waals surface area contributed by atoms with Gasteiger partial charge in [0, 0.05) is 0 Å². The zero-order valence-electron chi connectivity index (χ0n) is 18.2. The summed E-state index contributed by atoms with van der Waals surface area (Å²) < 4.78 is 15.3. The largest absolute Gasteiger partial charge is 0.394 e. The second kappa shape index (κ2) is 14.7. The SMILES string of the molecule is O=C[C@@H](O)[C@@H](O)[C@H](O)[C@H](O)CO.OC[C@H]1O[C@@H](O[C@H]2[C@H](O)[C@@H](O)C(O)O[C@@H]2CO)[C@H](O)[C@@H](O)[C@H]1O. The maximum atomic E-state index is 9.94. The Bertz CT molecular complexity index is 608. The molecule has 0 spiro atoms. The standard InChI is InChI=1S/C12H22O11.C6H12O6/c13-1-3-5(15)6(16)9(19)12(22-3)23-10-4(2-14)21-11(20)8(18)7(10)17;7-1-3(9)5(11)6(12)4(10)2-8/h3-20H,1-2H2;1,3-6,8-12H,2H2/t3-,4-,5+,6+,7-,8-,9-,10-,11?,12+;3-,4-,5-,6-/m11/s1. The molecule has 17 nitrogen and oxygen atoms in total. The van der Waals surface area contributed by atoms with Crippen LogP contribution < -0.4 is 0 Å². The first-order valence-electron chi connectivity index (χ1n) is 10.4. The summed E-state index contributed by atoms with van der Waals surface area (Å²) in [5.74, 6) is 0. The van der Waals surface area contributed by atoms with E-state index >= 15 is 0 Å². The van der Waals surface area contributed by atoms with Gasteiger partial charge in [-0.1, -0.05) is 0 Å². The first-order chi connectivity index (χ1) is 16.4. The molecular weight excluding hydrogens is 488 g/mol. The van der Waals surface area contributed by atoms with Gasteiger partial charge in [0.1, 0.15) is 73.2 Å². The zero-order valence-corrected chi connectivity index (χ0v) is 18.2. The summed E-state index contributed by atoms with van der Waals surface area (Å²) in [4.78, 5) is 9.90. The fourth-order valence-corrected chi connectivity index (χ4v) is 3.19. The van der Waals surface area contributed by atoms with Gasteiger partial charge in [-0.3, -0.25) is 0 Å². The first kappa shape index (κ1) is 32.1. The summed E-state index contributed by atoms with van der Waals surface area (Å²) in [6.45, 7) is -2.11. The van der Waals surface area contributed by atoms with E-state index < -0.39 is 106 Å². The van der Waals surface area contributed by atoms with E-state index in [2.05, 4.69) is 0 Å². The van der Waals surface area contributed by atoms with E-state index in [1.165, 1.54) is 0 Å². The van der Waals surface area contributed by atoms with Gasteiger partial charge in [-0.15, -0.1) is 0 Å². The van der Waals surface area contributed by atoms with Gasteiger partial charge in [-0.25, -0.2) is 0 Å². The van der Waals surface area contributed by atoms with Crippen molar-refractivity contribution in [1.29, 1.82) is 0 Å². The molecular formula is C18H34O17. The molecule has 2 rings (SSSR count). The number of hydrogen-bond acceptors (Lipinski definition) is 17. The second-order valence-corrected chi connectivity index (χ2v) is 7.88. The Kier molecular flexibility index (Phi) is 13.5. The third-order valence-corrected chi connectivity index (χ3v) is 5.40. The Morgan fingerprint density at radius 3 is 1.77 bits per heavy atom. The number of carbonyl (C=O) groups excluding carboxylic acids is 1. The molecule has 14 atom stereocenters. The molecule has 0 aliphatic carbocycles. The normalized spacial score (nSPS) is 41.2. The van der Waals surface area contributed by atoms with Gasteiger partial charge in [0.2, 0.25) is 0 Å². The molecule has 0 aromatic heterocycles. The molecule has 13 N–H and O–H groups in total. The van der Waals surface area contributed by atoms with Gasteiger partial charge >= 0.3 is 0 Å². The lowest BCUT2D eigenvalue weighted by Crippen LogP contribution is -2.64. The minimum atomic E-state index is -1.79. The fraction of sp³-hybridized carbons (Fsp3) is 0.944. The molecule has 0 saturated carbocycles. The smallest absolute Gasteiger partial charge is 0.187 e. The van der Waals surface area contributed by atoms with Crippen LogP contribution in [-0.2, 0) is 19.0 Å². The van der Waals surface area contributed by atoms with Crippen LogP contribution in [0.25, 0.3) is 0 Å². The Labute approximate surface area is 198 Å². The summed E-state index contributed by atoms with van der Waals surface area (Å²) >= 11 is 0. The van der Waals surface area contributed by atoms with E-state index in [1.807, 2.05) is 0 Å². The summed E-state index contributed by atoms with van der Waals surface area (Å²) in [7, 11) is 0. The second-order valence-electron chi connectivity index (χ2n) is 7.88. The lowest BCUT2D eigenvalue weighted by molar-refractivity contribution is -0.355. The van der Waals surface area contributed by atoms with Crippen molar-refractivity contribution in [3.8, 4) is 0 Å². The van der Waals surface area contributed by atoms with Gasteiger partial charge in [-0.2, -0.15) is 0 Å². The van der Waals surface area contributed by atoms with Gasteiger partial charge in [0.05, 0.1) is 19.8 Å². The van der Waals surface area contributed by atoms with Gasteiger partial charge in [0.15, 0.2) is 18.9 Å². The number of aliphatic hydroxyl groups excluding tert-OH is 13. The van der Waals surface area contributed by atoms with Gasteiger partial charge < -0.3 is 85.4 Å². The summed E-state index contributed by atoms with van der Waals surface area (Å²) in [6, 6.07) is 0. The van der Waals surface area contributed by atoms with Crippen LogP contribution in [0.1, 0.15) is 0 Å². The van der Waals surface area contributed by atoms with Crippen LogP contribution in [0.2, 0.25) is 0 Å². The fourth-order valence-electron chi connectivity index (χ4n) is 3.19. The maximum absolute atomic E-state index is 9.94. The van der Waals surface area contributed by atoms with Crippen molar-refractivity contribution in [2.24, 2.45) is 0 Å². The average Bonchev–Trinajstić information content (AvgIpc) is 2.87. The van der Waals surface area contributed by atoms with Gasteiger partial charge in [0.25, 0.3) is 0 Å². The van der Waals surface area contributed by atoms with Crippen molar-refractivity contribution in [1.82, 2.24) is 0 Å². The molecule has 0 bridgehead atoms. The Morgan fingerprint density at radius 1 is 0.714 bits per heavy atom. The monoisotopic (exact) mass is 522 g/mol. The van der Waals surface area contributed by atoms with Crippen LogP contribution in [0.3, 0.4) is 0 Å². The van der Waals surface area contributed by atoms with E-state index in [0.717, 1.165) is 0 Å². The molecule has 2 saturated heterocycles. The number of ether oxygens (including phenoxy) is 3. The predicted molar refractivity (Wildman–Crippen MR) is 106 cm³/mol. The van der Waals surface area contributed by atoms with E-state index in [-0.39, 0.29) is 6.29 Å². The first-order valence-corrected chi connectivity index (χ1v) is 10.4. The lowest BCUT2D eigenvalue weighted by atomic mass is 9.97. The molecule has 0 aromatic rings. The molecule has 2 aliphatic heterocycles. The van der Waals surface area contributed by atoms with Crippen molar-refractivity contribution >= 4 is 6.29 Å². The van der Waals surface area contributed by atoms with Gasteiger partial charge in [-0.05, 0) is 0 Å². The van der Waals surface area contributed by atoms with E-state index in [9.17, 15) is 40.5 Å². The number of carbonyl (C=O) groups is 1. The molecule has 35 heavy (non-hydrogen) atoms. The number of hydrogen-bond donors (Lipinski definition) is 13. The van der Waals surface area contributed by atoms with Crippen molar-refractivity contribution in [3.63, 3.8) is 0 Å². The van der Waals surface area contributed by atoms with Crippen molar-refractivity contribution in [3.05, 3.63) is 0 Å². The van der Waals surface area contributed by atoms with E-state index in [0.29, 0.717) is 0 Å². The molecule has 0 aromatic carbocycles. The summed E-state index contributed by atoms with van der Waals surface area (Å²) in [5, 5.41) is 120. The van der Waals surface area contributed by atoms with Crippen LogP contribution in [0.15, 0.2) is 0 Å². The van der Waals surface area contributed by atoms with Crippen LogP contribution in [0.5, 0.6) is 0 Å². The predicted octanol–water partition coefficient (Wildman–Crippen LogP) is -8.78. The van der Waals surface area contributed by atoms with Crippen molar-refractivity contribution in [2.45, 2.75) is 85.8 Å². The van der Waals surface area contributed by atoms with Crippen LogP contribution in [0, 0.1) is 0 Å². The topological polar surface area (TPSA) is 308 Å². The van der Waals surface area contributed by atoms with Crippen LogP contribution in [0.4, 0.5) is 0 Å². The van der Waals surface area contributed by atoms with Crippen molar-refractivity contribution < 1.29 is 85.4 Å². The maximum Gasteiger partial charge on any atom is 0.187 e. The molecule has 2 fully saturated rings. The zero-order chi connectivity index (χ0) is 27.0. The quantitative estimate of drug-likeness (QED) is 0.125.